The van der Waals surface area contributed by atoms with Crippen molar-refractivity contribution in [1.82, 2.24) is 10.2 Å². The van der Waals surface area contributed by atoms with E-state index in [1.54, 1.807) is 11.9 Å². The summed E-state index contributed by atoms with van der Waals surface area (Å²) in [7, 11) is 1.74. The maximum Gasteiger partial charge on any atom is 0.243 e. The molecule has 190 valence electrons. The van der Waals surface area contributed by atoms with E-state index in [0.717, 1.165) is 12.8 Å². The maximum atomic E-state index is 12.6. The lowest BCUT2D eigenvalue weighted by Gasteiger charge is -2.30. The SMILES string of the molecule is CCCCCCCCCCCCC(=O)N(C)C(C(=O)NCCOCCOCCN)C(C)C. The molecule has 7 heteroatoms. The number of carbonyl (C=O) groups excluding carboxylic acids is 2. The zero-order valence-electron chi connectivity index (χ0n) is 21.3. The van der Waals surface area contributed by atoms with Crippen molar-refractivity contribution < 1.29 is 19.1 Å². The molecule has 0 heterocycles. The van der Waals surface area contributed by atoms with Crippen LogP contribution >= 0.6 is 0 Å². The highest BCUT2D eigenvalue weighted by molar-refractivity contribution is 5.87. The Morgan fingerprint density at radius 3 is 1.91 bits per heavy atom. The van der Waals surface area contributed by atoms with Gasteiger partial charge in [0.1, 0.15) is 6.04 Å². The molecule has 0 aromatic heterocycles. The molecular weight excluding hydrogens is 406 g/mol. The minimum Gasteiger partial charge on any atom is -0.378 e. The molecule has 1 atom stereocenters. The molecule has 0 bridgehead atoms. The third-order valence-corrected chi connectivity index (χ3v) is 5.63. The number of rotatable bonds is 22. The molecule has 32 heavy (non-hydrogen) atoms. The Morgan fingerprint density at radius 1 is 0.844 bits per heavy atom. The number of amides is 2. The normalized spacial score (nSPS) is 12.2. The van der Waals surface area contributed by atoms with Crippen LogP contribution in [-0.4, -0.2) is 69.3 Å². The Bertz CT molecular complexity index is 460. The summed E-state index contributed by atoms with van der Waals surface area (Å²) in [5, 5.41) is 2.89. The summed E-state index contributed by atoms with van der Waals surface area (Å²) in [6.07, 6.45) is 12.9. The summed E-state index contributed by atoms with van der Waals surface area (Å²) in [6, 6.07) is -0.460. The van der Waals surface area contributed by atoms with Gasteiger partial charge in [0.05, 0.1) is 26.4 Å². The number of nitrogens with one attached hydrogen (secondary N) is 1. The molecule has 3 N–H and O–H groups in total. The Hall–Kier alpha value is -1.18. The smallest absolute Gasteiger partial charge is 0.243 e. The molecule has 7 nitrogen and oxygen atoms in total. The Morgan fingerprint density at radius 2 is 1.38 bits per heavy atom. The van der Waals surface area contributed by atoms with Gasteiger partial charge in [-0.15, -0.1) is 0 Å². The van der Waals surface area contributed by atoms with E-state index in [2.05, 4.69) is 12.2 Å². The first-order valence-electron chi connectivity index (χ1n) is 12.8. The second-order valence-corrected chi connectivity index (χ2v) is 8.93. The molecule has 2 amide bonds. The highest BCUT2D eigenvalue weighted by atomic mass is 16.5. The van der Waals surface area contributed by atoms with Crippen molar-refractivity contribution in [3.05, 3.63) is 0 Å². The minimum absolute atomic E-state index is 0.0437. The number of likely N-dealkylation sites (N-methyl/N-ethyl adjacent to an activating group) is 1. The van der Waals surface area contributed by atoms with Gasteiger partial charge in [-0.1, -0.05) is 78.6 Å². The Kier molecular flexibility index (Phi) is 20.9. The molecule has 0 aliphatic carbocycles. The molecule has 0 aromatic rings. The molecule has 0 fully saturated rings. The van der Waals surface area contributed by atoms with Gasteiger partial charge in [0, 0.05) is 26.6 Å². The summed E-state index contributed by atoms with van der Waals surface area (Å²) in [5.41, 5.74) is 5.35. The van der Waals surface area contributed by atoms with Crippen LogP contribution in [-0.2, 0) is 19.1 Å². The number of carbonyl (C=O) groups is 2. The molecule has 0 aromatic carbocycles. The summed E-state index contributed by atoms with van der Waals surface area (Å²) in [6.45, 7) is 9.01. The van der Waals surface area contributed by atoms with Gasteiger partial charge in [-0.2, -0.15) is 0 Å². The fourth-order valence-corrected chi connectivity index (χ4v) is 3.78. The van der Waals surface area contributed by atoms with Gasteiger partial charge in [0.2, 0.25) is 11.8 Å². The number of nitrogens with two attached hydrogens (primary N) is 1. The quantitative estimate of drug-likeness (QED) is 0.241. The zero-order chi connectivity index (χ0) is 24.0. The first-order valence-corrected chi connectivity index (χ1v) is 12.8. The lowest BCUT2D eigenvalue weighted by atomic mass is 10.0. The van der Waals surface area contributed by atoms with Crippen molar-refractivity contribution in [1.29, 1.82) is 0 Å². The lowest BCUT2D eigenvalue weighted by Crippen LogP contribution is -2.51. The summed E-state index contributed by atoms with van der Waals surface area (Å²) >= 11 is 0. The summed E-state index contributed by atoms with van der Waals surface area (Å²) in [5.74, 6) is -0.0316. The molecule has 0 aliphatic heterocycles. The van der Waals surface area contributed by atoms with E-state index in [0.29, 0.717) is 45.9 Å². The molecule has 0 rings (SSSR count). The third kappa shape index (κ3) is 16.5. The summed E-state index contributed by atoms with van der Waals surface area (Å²) < 4.78 is 10.7. The number of hydrogen-bond acceptors (Lipinski definition) is 5. The first-order chi connectivity index (χ1) is 15.5. The maximum absolute atomic E-state index is 12.6. The van der Waals surface area contributed by atoms with E-state index in [4.69, 9.17) is 15.2 Å². The van der Waals surface area contributed by atoms with Crippen LogP contribution in [0.4, 0.5) is 0 Å². The van der Waals surface area contributed by atoms with Gasteiger partial charge in [-0.05, 0) is 12.3 Å². The Labute approximate surface area is 197 Å². The number of nitrogens with zero attached hydrogens (tertiary/aromatic N) is 1. The molecule has 0 saturated heterocycles. The van der Waals surface area contributed by atoms with E-state index in [1.807, 2.05) is 13.8 Å². The predicted molar refractivity (Wildman–Crippen MR) is 132 cm³/mol. The van der Waals surface area contributed by atoms with Gasteiger partial charge in [-0.25, -0.2) is 0 Å². The van der Waals surface area contributed by atoms with Crippen molar-refractivity contribution in [3.8, 4) is 0 Å². The van der Waals surface area contributed by atoms with Crippen molar-refractivity contribution in [3.63, 3.8) is 0 Å². The highest BCUT2D eigenvalue weighted by Gasteiger charge is 2.29. The molecule has 0 aliphatic rings. The minimum atomic E-state index is -0.460. The zero-order valence-corrected chi connectivity index (χ0v) is 21.3. The molecule has 0 spiro atoms. The van der Waals surface area contributed by atoms with Crippen molar-refractivity contribution in [2.45, 2.75) is 97.4 Å². The standard InChI is InChI=1S/C25H51N3O4/c1-5-6-7-8-9-10-11-12-13-14-15-23(29)28(4)24(22(2)3)25(30)27-17-19-32-21-20-31-18-16-26/h22,24H,5-21,26H2,1-4H3,(H,27,30). The highest BCUT2D eigenvalue weighted by Crippen LogP contribution is 2.14. The lowest BCUT2D eigenvalue weighted by molar-refractivity contribution is -0.140. The largest absolute Gasteiger partial charge is 0.378 e. The number of unbranched alkanes of at least 4 members (excludes halogenated alkanes) is 9. The topological polar surface area (TPSA) is 93.9 Å². The van der Waals surface area contributed by atoms with Crippen LogP contribution in [0.1, 0.15) is 91.4 Å². The van der Waals surface area contributed by atoms with Gasteiger partial charge in [0.25, 0.3) is 0 Å². The van der Waals surface area contributed by atoms with Gasteiger partial charge >= 0.3 is 0 Å². The van der Waals surface area contributed by atoms with Crippen LogP contribution < -0.4 is 11.1 Å². The summed E-state index contributed by atoms with van der Waals surface area (Å²) in [4.78, 5) is 26.9. The van der Waals surface area contributed by atoms with Gasteiger partial charge in [-0.3, -0.25) is 9.59 Å². The van der Waals surface area contributed by atoms with Crippen LogP contribution in [0.15, 0.2) is 0 Å². The van der Waals surface area contributed by atoms with E-state index in [1.165, 1.54) is 51.4 Å². The van der Waals surface area contributed by atoms with E-state index >= 15 is 0 Å². The van der Waals surface area contributed by atoms with E-state index in [9.17, 15) is 9.59 Å². The van der Waals surface area contributed by atoms with Crippen LogP contribution in [0, 0.1) is 5.92 Å². The Balaban J connectivity index is 4.01. The molecule has 0 radical (unpaired) electrons. The number of ether oxygens (including phenoxy) is 2. The fourth-order valence-electron chi connectivity index (χ4n) is 3.78. The molecular formula is C25H51N3O4. The van der Waals surface area contributed by atoms with E-state index < -0.39 is 6.04 Å². The van der Waals surface area contributed by atoms with Crippen LogP contribution in [0.3, 0.4) is 0 Å². The van der Waals surface area contributed by atoms with Gasteiger partial charge in [0.15, 0.2) is 0 Å². The second kappa shape index (κ2) is 21.7. The van der Waals surface area contributed by atoms with Crippen molar-refractivity contribution >= 4 is 11.8 Å². The average molecular weight is 458 g/mol. The second-order valence-electron chi connectivity index (χ2n) is 8.93. The first kappa shape index (κ1) is 30.8. The van der Waals surface area contributed by atoms with Crippen molar-refractivity contribution in [2.24, 2.45) is 11.7 Å². The molecule has 0 saturated carbocycles. The fraction of sp³-hybridized carbons (Fsp3) is 0.920. The van der Waals surface area contributed by atoms with Crippen LogP contribution in [0.25, 0.3) is 0 Å². The van der Waals surface area contributed by atoms with Crippen LogP contribution in [0.5, 0.6) is 0 Å². The van der Waals surface area contributed by atoms with Gasteiger partial charge < -0.3 is 25.4 Å². The van der Waals surface area contributed by atoms with Crippen LogP contribution in [0.2, 0.25) is 0 Å². The average Bonchev–Trinajstić information content (AvgIpc) is 2.76. The van der Waals surface area contributed by atoms with E-state index in [-0.39, 0.29) is 17.7 Å². The third-order valence-electron chi connectivity index (χ3n) is 5.63. The predicted octanol–water partition coefficient (Wildman–Crippen LogP) is 3.89. The monoisotopic (exact) mass is 457 g/mol. The number of hydrogen-bond donors (Lipinski definition) is 2. The van der Waals surface area contributed by atoms with Crippen molar-refractivity contribution in [2.75, 3.05) is 46.6 Å². The molecule has 1 unspecified atom stereocenters.